The highest BCUT2D eigenvalue weighted by atomic mass is 79.9. The van der Waals surface area contributed by atoms with E-state index in [-0.39, 0.29) is 5.97 Å². The van der Waals surface area contributed by atoms with Crippen LogP contribution in [0, 0.1) is 0 Å². The number of carbonyl (C=O) groups excluding carboxylic acids is 1. The van der Waals surface area contributed by atoms with E-state index in [1.807, 2.05) is 0 Å². The van der Waals surface area contributed by atoms with Gasteiger partial charge in [0.1, 0.15) is 6.04 Å². The molecule has 0 radical (unpaired) electrons. The maximum atomic E-state index is 10.8. The minimum Gasteiger partial charge on any atom is -0.468 e. The van der Waals surface area contributed by atoms with Crippen molar-refractivity contribution in [3.63, 3.8) is 0 Å². The lowest BCUT2D eigenvalue weighted by atomic mass is 10.4. The van der Waals surface area contributed by atoms with Gasteiger partial charge >= 0.3 is 5.97 Å². The molecule has 0 fully saturated rings. The molecule has 0 aromatic rings. The summed E-state index contributed by atoms with van der Waals surface area (Å²) in [5, 5.41) is 0. The summed E-state index contributed by atoms with van der Waals surface area (Å²) in [6, 6.07) is -0.535. The van der Waals surface area contributed by atoms with Gasteiger partial charge in [0.05, 0.1) is 7.11 Å². The van der Waals surface area contributed by atoms with E-state index >= 15 is 0 Å². The molecule has 3 nitrogen and oxygen atoms in total. The van der Waals surface area contributed by atoms with Gasteiger partial charge in [-0.15, -0.1) is 0 Å². The molecule has 1 atom stereocenters. The summed E-state index contributed by atoms with van der Waals surface area (Å²) in [6.45, 7) is 3.66. The van der Waals surface area contributed by atoms with E-state index in [1.54, 1.807) is 11.8 Å². The summed E-state index contributed by atoms with van der Waals surface area (Å²) in [5.74, 6) is 0.935. The molecule has 0 saturated heterocycles. The Morgan fingerprint density at radius 2 is 2.42 bits per heavy atom. The number of methoxy groups -OCH3 is 1. The molecule has 0 aromatic heterocycles. The van der Waals surface area contributed by atoms with Crippen LogP contribution in [0.2, 0.25) is 0 Å². The van der Waals surface area contributed by atoms with Gasteiger partial charge in [0.25, 0.3) is 0 Å². The van der Waals surface area contributed by atoms with Gasteiger partial charge in [-0.2, -0.15) is 11.8 Å². The second-order valence-corrected chi connectivity index (χ2v) is 4.31. The van der Waals surface area contributed by atoms with Crippen LogP contribution in [0.5, 0.6) is 0 Å². The van der Waals surface area contributed by atoms with Crippen molar-refractivity contribution in [2.24, 2.45) is 5.73 Å². The smallest absolute Gasteiger partial charge is 0.323 e. The number of nitrogens with two attached hydrogens (primary N) is 1. The minimum atomic E-state index is -0.535. The van der Waals surface area contributed by atoms with E-state index in [0.717, 1.165) is 10.2 Å². The molecule has 12 heavy (non-hydrogen) atoms. The van der Waals surface area contributed by atoms with Crippen LogP contribution in [0.4, 0.5) is 0 Å². The van der Waals surface area contributed by atoms with Crippen LogP contribution in [0.25, 0.3) is 0 Å². The van der Waals surface area contributed by atoms with Crippen LogP contribution >= 0.6 is 27.7 Å². The Balaban J connectivity index is 3.50. The lowest BCUT2D eigenvalue weighted by Gasteiger charge is -2.07. The molecule has 2 N–H and O–H groups in total. The van der Waals surface area contributed by atoms with Crippen molar-refractivity contribution in [3.05, 3.63) is 11.1 Å². The Hall–Kier alpha value is -0.000000000000000111. The molecule has 0 rings (SSSR count). The van der Waals surface area contributed by atoms with Crippen LogP contribution < -0.4 is 5.73 Å². The first-order valence-corrected chi connectivity index (χ1v) is 5.27. The molecule has 5 heteroatoms. The first kappa shape index (κ1) is 12.0. The zero-order valence-electron chi connectivity index (χ0n) is 6.88. The van der Waals surface area contributed by atoms with E-state index in [1.165, 1.54) is 7.11 Å². The third-order valence-corrected chi connectivity index (χ3v) is 2.86. The van der Waals surface area contributed by atoms with E-state index < -0.39 is 6.04 Å². The van der Waals surface area contributed by atoms with Crippen LogP contribution in [0.15, 0.2) is 11.1 Å². The first-order valence-electron chi connectivity index (χ1n) is 3.32. The average Bonchev–Trinajstić information content (AvgIpc) is 2.02. The molecule has 0 spiro atoms. The predicted octanol–water partition coefficient (Wildman–Crippen LogP) is 1.13. The number of ether oxygens (including phenoxy) is 1. The first-order chi connectivity index (χ1) is 5.57. The fraction of sp³-hybridized carbons (Fsp3) is 0.571. The molecule has 0 saturated carbocycles. The highest BCUT2D eigenvalue weighted by Gasteiger charge is 2.12. The van der Waals surface area contributed by atoms with Crippen molar-refractivity contribution in [2.45, 2.75) is 6.04 Å². The number of esters is 1. The van der Waals surface area contributed by atoms with Crippen molar-refractivity contribution in [1.29, 1.82) is 0 Å². The van der Waals surface area contributed by atoms with Gasteiger partial charge in [-0.3, -0.25) is 4.79 Å². The molecule has 0 bridgehead atoms. The monoisotopic (exact) mass is 253 g/mol. The standard InChI is InChI=1S/C7H12BrNO2S/c1-5(8)3-12-4-6(9)7(10)11-2/h6H,1,3-4,9H2,2H3. The fourth-order valence-corrected chi connectivity index (χ4v) is 1.73. The molecule has 0 heterocycles. The number of thioether (sulfide) groups is 1. The summed E-state index contributed by atoms with van der Waals surface area (Å²) < 4.78 is 5.35. The normalized spacial score (nSPS) is 12.2. The summed E-state index contributed by atoms with van der Waals surface area (Å²) >= 11 is 4.75. The molecular weight excluding hydrogens is 242 g/mol. The maximum absolute atomic E-state index is 10.8. The topological polar surface area (TPSA) is 52.3 Å². The Bertz CT molecular complexity index is 175. The van der Waals surface area contributed by atoms with E-state index in [4.69, 9.17) is 5.73 Å². The predicted molar refractivity (Wildman–Crippen MR) is 55.4 cm³/mol. The lowest BCUT2D eigenvalue weighted by molar-refractivity contribution is -0.141. The number of carbonyl (C=O) groups is 1. The van der Waals surface area contributed by atoms with Crippen molar-refractivity contribution >= 4 is 33.7 Å². The zero-order chi connectivity index (χ0) is 9.56. The van der Waals surface area contributed by atoms with Gasteiger partial charge in [-0.1, -0.05) is 22.5 Å². The van der Waals surface area contributed by atoms with Crippen LogP contribution in [-0.2, 0) is 9.53 Å². The average molecular weight is 254 g/mol. The Morgan fingerprint density at radius 3 is 2.83 bits per heavy atom. The Labute approximate surface area is 84.8 Å². The van der Waals surface area contributed by atoms with Gasteiger partial charge in [0.2, 0.25) is 0 Å². The number of rotatable bonds is 5. The van der Waals surface area contributed by atoms with Gasteiger partial charge in [-0.25, -0.2) is 0 Å². The number of halogens is 1. The summed E-state index contributed by atoms with van der Waals surface area (Å²) in [6.07, 6.45) is 0. The Morgan fingerprint density at radius 1 is 1.83 bits per heavy atom. The lowest BCUT2D eigenvalue weighted by Crippen LogP contribution is -2.33. The van der Waals surface area contributed by atoms with Crippen molar-refractivity contribution in [1.82, 2.24) is 0 Å². The zero-order valence-corrected chi connectivity index (χ0v) is 9.28. The number of hydrogen-bond donors (Lipinski definition) is 1. The second kappa shape index (κ2) is 6.51. The molecule has 0 aliphatic carbocycles. The van der Waals surface area contributed by atoms with Gasteiger partial charge in [-0.05, 0) is 4.48 Å². The molecule has 0 aliphatic rings. The van der Waals surface area contributed by atoms with E-state index in [2.05, 4.69) is 27.2 Å². The molecule has 0 aromatic carbocycles. The van der Waals surface area contributed by atoms with Crippen molar-refractivity contribution < 1.29 is 9.53 Å². The van der Waals surface area contributed by atoms with Crippen LogP contribution in [-0.4, -0.2) is 30.6 Å². The van der Waals surface area contributed by atoms with Crippen molar-refractivity contribution in [2.75, 3.05) is 18.6 Å². The van der Waals surface area contributed by atoms with Crippen LogP contribution in [0.3, 0.4) is 0 Å². The van der Waals surface area contributed by atoms with E-state index in [9.17, 15) is 4.79 Å². The van der Waals surface area contributed by atoms with Gasteiger partial charge in [0, 0.05) is 11.5 Å². The molecule has 70 valence electrons. The minimum absolute atomic E-state index is 0.373. The summed E-state index contributed by atoms with van der Waals surface area (Å²) in [4.78, 5) is 10.8. The summed E-state index contributed by atoms with van der Waals surface area (Å²) in [5.41, 5.74) is 5.47. The maximum Gasteiger partial charge on any atom is 0.323 e. The number of hydrogen-bond acceptors (Lipinski definition) is 4. The quantitative estimate of drug-likeness (QED) is 0.747. The SMILES string of the molecule is C=C(Br)CSCC(N)C(=O)OC. The largest absolute Gasteiger partial charge is 0.468 e. The molecular formula is C7H12BrNO2S. The van der Waals surface area contributed by atoms with Crippen LogP contribution in [0.1, 0.15) is 0 Å². The highest BCUT2D eigenvalue weighted by Crippen LogP contribution is 2.11. The summed E-state index contributed by atoms with van der Waals surface area (Å²) in [7, 11) is 1.33. The second-order valence-electron chi connectivity index (χ2n) is 2.16. The molecule has 0 aliphatic heterocycles. The fourth-order valence-electron chi connectivity index (χ4n) is 0.516. The third-order valence-electron chi connectivity index (χ3n) is 1.06. The molecule has 1 unspecified atom stereocenters. The molecule has 0 amide bonds. The van der Waals surface area contributed by atoms with Gasteiger partial charge in [0.15, 0.2) is 0 Å². The van der Waals surface area contributed by atoms with E-state index in [0.29, 0.717) is 5.75 Å². The third kappa shape index (κ3) is 5.62. The van der Waals surface area contributed by atoms with Crippen molar-refractivity contribution in [3.8, 4) is 0 Å². The Kier molecular flexibility index (Phi) is 6.51. The van der Waals surface area contributed by atoms with Gasteiger partial charge < -0.3 is 10.5 Å². The highest BCUT2D eigenvalue weighted by molar-refractivity contribution is 9.11.